The van der Waals surface area contributed by atoms with Crippen LogP contribution < -0.4 is 16.4 Å². The molecule has 0 bridgehead atoms. The van der Waals surface area contributed by atoms with Gasteiger partial charge in [-0.05, 0) is 19.8 Å². The van der Waals surface area contributed by atoms with Crippen molar-refractivity contribution >= 4 is 69.1 Å². The second-order valence-corrected chi connectivity index (χ2v) is 24.3. The predicted molar refractivity (Wildman–Crippen MR) is 265 cm³/mol. The quantitative estimate of drug-likeness (QED) is 0.0344. The van der Waals surface area contributed by atoms with Gasteiger partial charge in [-0.3, -0.25) is 32.5 Å². The van der Waals surface area contributed by atoms with E-state index in [4.69, 9.17) is 29.0 Å². The number of fused-ring (bicyclic) bond motifs is 1. The third-order valence-electron chi connectivity index (χ3n) is 12.1. The summed E-state index contributed by atoms with van der Waals surface area (Å²) in [6.45, 7) is 2.58. The summed E-state index contributed by atoms with van der Waals surface area (Å²) in [6.07, 6.45) is 0.676. The van der Waals surface area contributed by atoms with Gasteiger partial charge in [-0.25, -0.2) is 28.6 Å². The first-order valence-electron chi connectivity index (χ1n) is 24.5. The molecule has 33 heteroatoms. The van der Waals surface area contributed by atoms with Crippen LogP contribution in [0.25, 0.3) is 11.2 Å². The van der Waals surface area contributed by atoms with E-state index < -0.39 is 109 Å². The smallest absolute Gasteiger partial charge is 0.393 e. The van der Waals surface area contributed by atoms with E-state index in [0.717, 1.165) is 93.2 Å². The Labute approximate surface area is 437 Å². The van der Waals surface area contributed by atoms with Gasteiger partial charge in [-0.15, -0.1) is 0 Å². The third kappa shape index (κ3) is 22.6. The molecule has 2 unspecified atom stereocenters. The number of nitrogens with two attached hydrogens (primary N) is 1. The Morgan fingerprint density at radius 2 is 1.52 bits per heavy atom. The molecule has 75 heavy (non-hydrogen) atoms. The third-order valence-corrected chi connectivity index (χ3v) is 16.1. The number of thioether (sulfide) groups is 1. The maximum Gasteiger partial charge on any atom is 0.481 e. The van der Waals surface area contributed by atoms with Gasteiger partial charge in [0.2, 0.25) is 11.8 Å². The van der Waals surface area contributed by atoms with Crippen LogP contribution in [0.2, 0.25) is 0 Å². The van der Waals surface area contributed by atoms with Crippen LogP contribution in [-0.2, 0) is 60.2 Å². The van der Waals surface area contributed by atoms with Gasteiger partial charge in [0.1, 0.15) is 42.4 Å². The lowest BCUT2D eigenvalue weighted by Crippen LogP contribution is -2.47. The van der Waals surface area contributed by atoms with Crippen molar-refractivity contribution in [2.75, 3.05) is 44.4 Å². The van der Waals surface area contributed by atoms with Crippen LogP contribution in [0.5, 0.6) is 0 Å². The van der Waals surface area contributed by atoms with Gasteiger partial charge < -0.3 is 75.7 Å². The largest absolute Gasteiger partial charge is 0.481 e. The monoisotopic (exact) mass is 1150 g/mol. The van der Waals surface area contributed by atoms with E-state index in [9.17, 15) is 73.2 Å². The highest BCUT2D eigenvalue weighted by Gasteiger charge is 2.50. The molecule has 2 aromatic rings. The van der Waals surface area contributed by atoms with Gasteiger partial charge >= 0.3 is 23.5 Å². The lowest BCUT2D eigenvalue weighted by Gasteiger charge is -2.35. The van der Waals surface area contributed by atoms with Crippen LogP contribution in [0.1, 0.15) is 117 Å². The topological polar surface area (TPSA) is 443 Å². The molecular weight excluding hydrogens is 1080 g/mol. The second-order valence-electron chi connectivity index (χ2n) is 18.9. The number of hydrogen-bond acceptors (Lipinski definition) is 23. The number of aliphatic hydroxyl groups excluding tert-OH is 5. The van der Waals surface area contributed by atoms with Crippen LogP contribution in [0.4, 0.5) is 5.82 Å². The van der Waals surface area contributed by atoms with Crippen molar-refractivity contribution in [2.45, 2.75) is 172 Å². The molecule has 0 saturated carbocycles. The average Bonchev–Trinajstić information content (AvgIpc) is 3.88. The zero-order chi connectivity index (χ0) is 55.6. The Morgan fingerprint density at radius 1 is 0.880 bits per heavy atom. The highest BCUT2D eigenvalue weighted by molar-refractivity contribution is 8.13. The van der Waals surface area contributed by atoms with Gasteiger partial charge in [0.15, 0.2) is 29.1 Å². The summed E-state index contributed by atoms with van der Waals surface area (Å²) >= 11 is 0.975. The van der Waals surface area contributed by atoms with Crippen molar-refractivity contribution in [3.63, 3.8) is 0 Å². The van der Waals surface area contributed by atoms with Crippen LogP contribution in [-0.4, -0.2) is 175 Å². The highest BCUT2D eigenvalue weighted by atomic mass is 32.2. The van der Waals surface area contributed by atoms with Crippen LogP contribution in [0.3, 0.4) is 0 Å². The molecule has 2 saturated heterocycles. The van der Waals surface area contributed by atoms with Crippen molar-refractivity contribution in [3.05, 3.63) is 12.7 Å². The summed E-state index contributed by atoms with van der Waals surface area (Å²) in [4.78, 5) is 88.6. The van der Waals surface area contributed by atoms with Crippen molar-refractivity contribution in [1.82, 2.24) is 30.2 Å². The van der Waals surface area contributed by atoms with E-state index in [-0.39, 0.29) is 66.3 Å². The molecule has 2 amide bonds. The molecule has 2 fully saturated rings. The summed E-state index contributed by atoms with van der Waals surface area (Å²) < 4.78 is 73.6. The number of aliphatic hydroxyl groups is 5. The summed E-state index contributed by atoms with van der Waals surface area (Å²) in [5, 5.41) is 56.4. The standard InChI is InChI=1S/C42H74N7O22P3S/c1-26-28(51)21-29(52)41(68-26)65-18-13-11-9-7-5-4-6-8-10-12-14-27(50)20-32(54)75-19-17-44-31(53)15-16-45-39(57)36(56)42(2,3)23-67-74(63,64)71-73(61,62)66-22-30-35(70-72(58,59)60)34(55)40(69-30)49-25-48-33-37(43)46-24-47-38(33)49/h24-30,34-36,40-41,50-52,55-56H,4-23H2,1-3H3,(H,44,53)(H,45,57)(H,61,62)(H,63,64)(H2,43,46,47)(H2,58,59,60)/t26-,27+,28+,29+,30+,34+,35+,36-,40+,41+/m0/s1. The fraction of sp³-hybridized carbons (Fsp3) is 0.810. The molecular formula is C42H74N7O22P3S. The van der Waals surface area contributed by atoms with Crippen LogP contribution in [0.15, 0.2) is 12.7 Å². The zero-order valence-corrected chi connectivity index (χ0v) is 45.5. The zero-order valence-electron chi connectivity index (χ0n) is 42.0. The van der Waals surface area contributed by atoms with Crippen molar-refractivity contribution in [3.8, 4) is 0 Å². The van der Waals surface area contributed by atoms with E-state index in [1.807, 2.05) is 0 Å². The molecule has 12 atom stereocenters. The summed E-state index contributed by atoms with van der Waals surface area (Å²) in [6, 6.07) is 0. The molecule has 13 N–H and O–H groups in total. The molecule has 2 aliphatic rings. The number of phosphoric acid groups is 3. The Bertz CT molecular complexity index is 2270. The van der Waals surface area contributed by atoms with E-state index in [0.29, 0.717) is 13.0 Å². The molecule has 0 aliphatic carbocycles. The molecule has 29 nitrogen and oxygen atoms in total. The minimum Gasteiger partial charge on any atom is -0.393 e. The molecule has 0 spiro atoms. The van der Waals surface area contributed by atoms with Crippen molar-refractivity contribution in [1.29, 1.82) is 0 Å². The van der Waals surface area contributed by atoms with Gasteiger partial charge in [0.05, 0.1) is 37.9 Å². The van der Waals surface area contributed by atoms with Gasteiger partial charge in [0.25, 0.3) is 0 Å². The number of anilines is 1. The number of phosphoric ester groups is 3. The molecule has 0 aromatic carbocycles. The number of nitrogens with one attached hydrogen (secondary N) is 2. The first kappa shape index (κ1) is 64.9. The number of ether oxygens (including phenoxy) is 3. The molecule has 430 valence electrons. The SMILES string of the molecule is C[C@@H]1O[C@@H](OCCCCCCCCCCCC[C@@H](O)CC(=O)SCCNC(=O)CCNC(=O)[C@H](O)C(C)(C)COP(=O)(O)OP(=O)(O)OC[C@H]2O[C@@H](n3cnc4c(N)ncnc43)[C@H](O)[C@@H]2OP(=O)(O)O)[C@H](O)C[C@H]1O. The molecule has 4 heterocycles. The van der Waals surface area contributed by atoms with E-state index in [1.54, 1.807) is 6.92 Å². The van der Waals surface area contributed by atoms with Gasteiger partial charge in [0, 0.05) is 50.1 Å². The van der Waals surface area contributed by atoms with Crippen molar-refractivity contribution in [2.24, 2.45) is 5.41 Å². The van der Waals surface area contributed by atoms with Crippen LogP contribution >= 0.6 is 35.2 Å². The van der Waals surface area contributed by atoms with Crippen LogP contribution in [0, 0.1) is 5.41 Å². The Hall–Kier alpha value is -2.64. The minimum atomic E-state index is -5.60. The molecule has 4 rings (SSSR count). The first-order chi connectivity index (χ1) is 35.2. The first-order valence-corrected chi connectivity index (χ1v) is 30.0. The number of aromatic nitrogens is 4. The molecule has 0 radical (unpaired) electrons. The average molecular weight is 1150 g/mol. The number of unbranched alkanes of at least 4 members (excludes halogenated alkanes) is 9. The van der Waals surface area contributed by atoms with Gasteiger partial charge in [-0.2, -0.15) is 4.31 Å². The predicted octanol–water partition coefficient (Wildman–Crippen LogP) is 1.58. The summed E-state index contributed by atoms with van der Waals surface area (Å²) in [7, 11) is -16.5. The Kier molecular flexibility index (Phi) is 26.5. The second kappa shape index (κ2) is 30.6. The fourth-order valence-corrected chi connectivity index (χ4v) is 11.4. The number of carbonyl (C=O) groups is 3. The number of amides is 2. The highest BCUT2D eigenvalue weighted by Crippen LogP contribution is 2.61. The van der Waals surface area contributed by atoms with E-state index >= 15 is 0 Å². The number of nitrogens with zero attached hydrogens (tertiary/aromatic N) is 4. The number of carbonyl (C=O) groups excluding carboxylic acids is 3. The number of imidazole rings is 1. The van der Waals surface area contributed by atoms with Gasteiger partial charge in [-0.1, -0.05) is 83.4 Å². The Morgan fingerprint density at radius 3 is 2.19 bits per heavy atom. The fourth-order valence-electron chi connectivity index (χ4n) is 7.84. The number of rotatable bonds is 35. The maximum atomic E-state index is 12.8. The Balaban J connectivity index is 1.02. The normalized spacial score (nSPS) is 24.9. The minimum absolute atomic E-state index is 0.0119. The maximum absolute atomic E-state index is 12.8. The molecule has 2 aromatic heterocycles. The lowest BCUT2D eigenvalue weighted by molar-refractivity contribution is -0.261. The number of nitrogen functional groups attached to an aromatic ring is 1. The van der Waals surface area contributed by atoms with Crippen molar-refractivity contribution < 1.29 is 105 Å². The summed E-state index contributed by atoms with van der Waals surface area (Å²) in [5.74, 6) is -1.28. The summed E-state index contributed by atoms with van der Waals surface area (Å²) in [5.41, 5.74) is 4.23. The number of hydrogen-bond donors (Lipinski definition) is 12. The van der Waals surface area contributed by atoms with E-state index in [1.165, 1.54) is 13.8 Å². The van der Waals surface area contributed by atoms with E-state index in [2.05, 4.69) is 34.4 Å². The lowest BCUT2D eigenvalue weighted by atomic mass is 9.87. The molecule has 2 aliphatic heterocycles.